The predicted octanol–water partition coefficient (Wildman–Crippen LogP) is 1.08. The molecule has 2 rings (SSSR count). The van der Waals surface area contributed by atoms with E-state index in [1.54, 1.807) is 17.0 Å². The van der Waals surface area contributed by atoms with Gasteiger partial charge in [-0.15, -0.1) is 12.3 Å². The Bertz CT molecular complexity index is 510. The smallest absolute Gasteiger partial charge is 0.240 e. The third-order valence-corrected chi connectivity index (χ3v) is 3.27. The van der Waals surface area contributed by atoms with Crippen molar-refractivity contribution in [3.05, 3.63) is 35.6 Å². The fourth-order valence-electron chi connectivity index (χ4n) is 2.18. The van der Waals surface area contributed by atoms with Gasteiger partial charge in [-0.05, 0) is 17.7 Å². The SMILES string of the molecule is C#CCC(N)C(=O)N1CCOC(c2ccc(F)cc2)C1. The lowest BCUT2D eigenvalue weighted by Gasteiger charge is -2.34. The quantitative estimate of drug-likeness (QED) is 0.840. The molecule has 1 aliphatic rings. The van der Waals surface area contributed by atoms with Gasteiger partial charge in [0.1, 0.15) is 11.9 Å². The van der Waals surface area contributed by atoms with Crippen molar-refractivity contribution < 1.29 is 13.9 Å². The van der Waals surface area contributed by atoms with Crippen LogP contribution in [-0.4, -0.2) is 36.5 Å². The molecule has 0 aliphatic carbocycles. The van der Waals surface area contributed by atoms with Crippen molar-refractivity contribution in [1.29, 1.82) is 0 Å². The van der Waals surface area contributed by atoms with Crippen LogP contribution in [0.4, 0.5) is 4.39 Å². The van der Waals surface area contributed by atoms with E-state index in [1.807, 2.05) is 0 Å². The number of hydrogen-bond donors (Lipinski definition) is 1. The van der Waals surface area contributed by atoms with Crippen molar-refractivity contribution in [2.75, 3.05) is 19.7 Å². The van der Waals surface area contributed by atoms with Gasteiger partial charge in [0.2, 0.25) is 5.91 Å². The summed E-state index contributed by atoms with van der Waals surface area (Å²) in [6.07, 6.45) is 5.13. The maximum Gasteiger partial charge on any atom is 0.240 e. The van der Waals surface area contributed by atoms with Crippen LogP contribution in [-0.2, 0) is 9.53 Å². The summed E-state index contributed by atoms with van der Waals surface area (Å²) in [6.45, 7) is 1.33. The molecule has 2 atom stereocenters. The molecule has 106 valence electrons. The number of ether oxygens (including phenoxy) is 1. The van der Waals surface area contributed by atoms with Crippen LogP contribution in [0.2, 0.25) is 0 Å². The molecule has 1 aliphatic heterocycles. The standard InChI is InChI=1S/C15H17FN2O2/c1-2-3-13(17)15(19)18-8-9-20-14(10-18)11-4-6-12(16)7-5-11/h1,4-7,13-14H,3,8-10,17H2. The molecule has 1 aromatic rings. The van der Waals surface area contributed by atoms with Crippen LogP contribution >= 0.6 is 0 Å². The number of nitrogens with two attached hydrogens (primary N) is 1. The van der Waals surface area contributed by atoms with E-state index in [-0.39, 0.29) is 24.2 Å². The molecule has 0 radical (unpaired) electrons. The Kier molecular flexibility index (Phi) is 4.72. The summed E-state index contributed by atoms with van der Waals surface area (Å²) < 4.78 is 18.5. The number of amides is 1. The van der Waals surface area contributed by atoms with E-state index in [0.29, 0.717) is 19.7 Å². The van der Waals surface area contributed by atoms with Crippen LogP contribution in [0.5, 0.6) is 0 Å². The molecule has 4 nitrogen and oxygen atoms in total. The topological polar surface area (TPSA) is 55.6 Å². The first-order chi connectivity index (χ1) is 9.61. The lowest BCUT2D eigenvalue weighted by atomic mass is 10.1. The van der Waals surface area contributed by atoms with E-state index in [9.17, 15) is 9.18 Å². The summed E-state index contributed by atoms with van der Waals surface area (Å²) in [5, 5.41) is 0. The van der Waals surface area contributed by atoms with Crippen LogP contribution in [0, 0.1) is 18.2 Å². The Balaban J connectivity index is 2.03. The molecular formula is C15H17FN2O2. The maximum absolute atomic E-state index is 12.9. The average Bonchev–Trinajstić information content (AvgIpc) is 2.47. The molecule has 0 saturated carbocycles. The average molecular weight is 276 g/mol. The predicted molar refractivity (Wildman–Crippen MR) is 73.1 cm³/mol. The summed E-state index contributed by atoms with van der Waals surface area (Å²) in [6, 6.07) is 5.41. The van der Waals surface area contributed by atoms with Gasteiger partial charge >= 0.3 is 0 Å². The number of hydrogen-bond acceptors (Lipinski definition) is 3. The second-order valence-electron chi connectivity index (χ2n) is 4.71. The Morgan fingerprint density at radius 2 is 2.25 bits per heavy atom. The van der Waals surface area contributed by atoms with Gasteiger partial charge in [-0.25, -0.2) is 4.39 Å². The van der Waals surface area contributed by atoms with E-state index in [2.05, 4.69) is 5.92 Å². The summed E-state index contributed by atoms with van der Waals surface area (Å²) in [5.74, 6) is 1.93. The maximum atomic E-state index is 12.9. The zero-order valence-corrected chi connectivity index (χ0v) is 11.1. The Labute approximate surface area is 117 Å². The minimum atomic E-state index is -0.674. The summed E-state index contributed by atoms with van der Waals surface area (Å²) in [7, 11) is 0. The minimum absolute atomic E-state index is 0.168. The molecule has 1 amide bonds. The summed E-state index contributed by atoms with van der Waals surface area (Å²) in [4.78, 5) is 13.8. The Morgan fingerprint density at radius 3 is 2.90 bits per heavy atom. The number of morpholine rings is 1. The van der Waals surface area contributed by atoms with Crippen molar-refractivity contribution in [2.24, 2.45) is 5.73 Å². The monoisotopic (exact) mass is 276 g/mol. The lowest BCUT2D eigenvalue weighted by Crippen LogP contribution is -2.49. The fraction of sp³-hybridized carbons (Fsp3) is 0.400. The lowest BCUT2D eigenvalue weighted by molar-refractivity contribution is -0.140. The fourth-order valence-corrected chi connectivity index (χ4v) is 2.18. The molecule has 0 aromatic heterocycles. The van der Waals surface area contributed by atoms with Crippen LogP contribution < -0.4 is 5.73 Å². The highest BCUT2D eigenvalue weighted by Gasteiger charge is 2.28. The van der Waals surface area contributed by atoms with Crippen molar-refractivity contribution in [1.82, 2.24) is 4.90 Å². The molecule has 5 heteroatoms. The third kappa shape index (κ3) is 3.35. The molecule has 1 aromatic carbocycles. The number of carbonyl (C=O) groups excluding carboxylic acids is 1. The molecule has 1 heterocycles. The first-order valence-corrected chi connectivity index (χ1v) is 6.46. The van der Waals surface area contributed by atoms with Gasteiger partial charge in [-0.3, -0.25) is 4.79 Å². The van der Waals surface area contributed by atoms with Crippen LogP contribution in [0.1, 0.15) is 18.1 Å². The number of carbonyl (C=O) groups is 1. The zero-order chi connectivity index (χ0) is 14.5. The molecular weight excluding hydrogens is 259 g/mol. The second kappa shape index (κ2) is 6.51. The van der Waals surface area contributed by atoms with Gasteiger partial charge in [-0.1, -0.05) is 12.1 Å². The number of nitrogens with zero attached hydrogens (tertiary/aromatic N) is 1. The minimum Gasteiger partial charge on any atom is -0.370 e. The zero-order valence-electron chi connectivity index (χ0n) is 11.1. The van der Waals surface area contributed by atoms with Crippen molar-refractivity contribution in [3.63, 3.8) is 0 Å². The van der Waals surface area contributed by atoms with Gasteiger partial charge in [-0.2, -0.15) is 0 Å². The normalized spacial score (nSPS) is 20.2. The Hall–Kier alpha value is -1.90. The molecule has 0 bridgehead atoms. The largest absolute Gasteiger partial charge is 0.370 e. The van der Waals surface area contributed by atoms with Gasteiger partial charge in [0.25, 0.3) is 0 Å². The first kappa shape index (κ1) is 14.5. The molecule has 2 unspecified atom stereocenters. The molecule has 0 spiro atoms. The van der Waals surface area contributed by atoms with Crippen molar-refractivity contribution in [3.8, 4) is 12.3 Å². The Morgan fingerprint density at radius 1 is 1.55 bits per heavy atom. The van der Waals surface area contributed by atoms with Crippen LogP contribution in [0.15, 0.2) is 24.3 Å². The molecule has 20 heavy (non-hydrogen) atoms. The van der Waals surface area contributed by atoms with E-state index in [1.165, 1.54) is 12.1 Å². The number of benzene rings is 1. The number of rotatable bonds is 3. The van der Waals surface area contributed by atoms with E-state index in [0.717, 1.165) is 5.56 Å². The summed E-state index contributed by atoms with van der Waals surface area (Å²) in [5.41, 5.74) is 6.58. The third-order valence-electron chi connectivity index (χ3n) is 3.27. The first-order valence-electron chi connectivity index (χ1n) is 6.46. The van der Waals surface area contributed by atoms with Gasteiger partial charge < -0.3 is 15.4 Å². The highest BCUT2D eigenvalue weighted by Crippen LogP contribution is 2.22. The highest BCUT2D eigenvalue weighted by molar-refractivity contribution is 5.82. The highest BCUT2D eigenvalue weighted by atomic mass is 19.1. The van der Waals surface area contributed by atoms with E-state index >= 15 is 0 Å². The van der Waals surface area contributed by atoms with Gasteiger partial charge in [0.15, 0.2) is 0 Å². The van der Waals surface area contributed by atoms with Crippen molar-refractivity contribution in [2.45, 2.75) is 18.6 Å². The van der Waals surface area contributed by atoms with Crippen LogP contribution in [0.3, 0.4) is 0 Å². The second-order valence-corrected chi connectivity index (χ2v) is 4.71. The molecule has 1 saturated heterocycles. The van der Waals surface area contributed by atoms with Crippen molar-refractivity contribution >= 4 is 5.91 Å². The van der Waals surface area contributed by atoms with E-state index in [4.69, 9.17) is 16.9 Å². The van der Waals surface area contributed by atoms with Gasteiger partial charge in [0, 0.05) is 13.0 Å². The summed E-state index contributed by atoms with van der Waals surface area (Å²) >= 11 is 0. The molecule has 2 N–H and O–H groups in total. The number of terminal acetylenes is 1. The van der Waals surface area contributed by atoms with Crippen LogP contribution in [0.25, 0.3) is 0 Å². The number of halogens is 1. The van der Waals surface area contributed by atoms with E-state index < -0.39 is 6.04 Å². The molecule has 1 fully saturated rings. The van der Waals surface area contributed by atoms with Gasteiger partial charge in [0.05, 0.1) is 19.2 Å².